The van der Waals surface area contributed by atoms with E-state index in [0.29, 0.717) is 33.0 Å². The van der Waals surface area contributed by atoms with Crippen LogP contribution in [0.3, 0.4) is 0 Å². The molecule has 0 saturated carbocycles. The second-order valence-electron chi connectivity index (χ2n) is 10.2. The van der Waals surface area contributed by atoms with Gasteiger partial charge >= 0.3 is 11.9 Å². The van der Waals surface area contributed by atoms with E-state index < -0.39 is 17.8 Å². The molecule has 0 aliphatic heterocycles. The molecule has 5 aromatic rings. The SMILES string of the molecule is O=C(Cc1ccccc1)Nc1ccc(C(=O)N/N=C/c2ccccc2OC(=O)/C=C/c2ccccc2OC(=O)c2ccc(Cl)cc2)cc1. The number of ether oxygens (including phenoxy) is 2. The normalized spacial score (nSPS) is 10.9. The standard InChI is InChI=1S/C38H28ClN3O6/c39-31-19-14-29(15-20-31)38(46)48-33-12-6-4-10-27(33)18-23-36(44)47-34-13-7-5-11-30(34)25-40-42-37(45)28-16-21-32(22-17-28)41-35(43)24-26-8-2-1-3-9-26/h1-23,25H,24H2,(H,41,43)(H,42,45)/b23-18+,40-25+. The van der Waals surface area contributed by atoms with Crippen LogP contribution >= 0.6 is 11.6 Å². The van der Waals surface area contributed by atoms with Gasteiger partial charge in [-0.1, -0.05) is 72.3 Å². The monoisotopic (exact) mass is 657 g/mol. The lowest BCUT2D eigenvalue weighted by Crippen LogP contribution is -2.18. The van der Waals surface area contributed by atoms with Crippen LogP contribution in [0.4, 0.5) is 5.69 Å². The zero-order chi connectivity index (χ0) is 33.7. The van der Waals surface area contributed by atoms with Gasteiger partial charge in [0.05, 0.1) is 18.2 Å². The lowest BCUT2D eigenvalue weighted by molar-refractivity contribution is -0.129. The summed E-state index contributed by atoms with van der Waals surface area (Å²) in [6, 6.07) is 35.5. The minimum atomic E-state index is -0.685. The molecule has 2 amide bonds. The van der Waals surface area contributed by atoms with Gasteiger partial charge in [-0.3, -0.25) is 9.59 Å². The van der Waals surface area contributed by atoms with Crippen LogP contribution in [-0.2, 0) is 16.0 Å². The number of halogens is 1. The molecule has 0 bridgehead atoms. The number of para-hydroxylation sites is 2. The molecule has 0 radical (unpaired) electrons. The number of hydrogen-bond donors (Lipinski definition) is 2. The van der Waals surface area contributed by atoms with Crippen molar-refractivity contribution in [2.45, 2.75) is 6.42 Å². The van der Waals surface area contributed by atoms with E-state index in [4.69, 9.17) is 21.1 Å². The Kier molecular flexibility index (Phi) is 11.2. The van der Waals surface area contributed by atoms with Crippen molar-refractivity contribution in [2.24, 2.45) is 5.10 Å². The maximum Gasteiger partial charge on any atom is 0.343 e. The molecule has 0 unspecified atom stereocenters. The molecule has 9 nitrogen and oxygen atoms in total. The third kappa shape index (κ3) is 9.59. The molecule has 10 heteroatoms. The fraction of sp³-hybridized carbons (Fsp3) is 0.0263. The van der Waals surface area contributed by atoms with Crippen molar-refractivity contribution in [2.75, 3.05) is 5.32 Å². The summed E-state index contributed by atoms with van der Waals surface area (Å²) in [6.07, 6.45) is 4.28. The van der Waals surface area contributed by atoms with Gasteiger partial charge in [0, 0.05) is 33.5 Å². The van der Waals surface area contributed by atoms with E-state index >= 15 is 0 Å². The largest absolute Gasteiger partial charge is 0.423 e. The third-order valence-corrected chi connectivity index (χ3v) is 6.99. The minimum absolute atomic E-state index is 0.168. The lowest BCUT2D eigenvalue weighted by atomic mass is 10.1. The average Bonchev–Trinajstić information content (AvgIpc) is 3.09. The number of amides is 2. The zero-order valence-electron chi connectivity index (χ0n) is 25.3. The number of nitrogens with one attached hydrogen (secondary N) is 2. The molecule has 0 aliphatic rings. The predicted octanol–water partition coefficient (Wildman–Crippen LogP) is 7.12. The number of rotatable bonds is 11. The summed E-state index contributed by atoms with van der Waals surface area (Å²) in [4.78, 5) is 50.2. The van der Waals surface area contributed by atoms with Crippen LogP contribution in [0.1, 0.15) is 37.4 Å². The van der Waals surface area contributed by atoms with Crippen molar-refractivity contribution in [3.05, 3.63) is 166 Å². The summed E-state index contributed by atoms with van der Waals surface area (Å²) >= 11 is 5.90. The molecule has 0 atom stereocenters. The van der Waals surface area contributed by atoms with Crippen molar-refractivity contribution in [1.29, 1.82) is 0 Å². The highest BCUT2D eigenvalue weighted by molar-refractivity contribution is 6.30. The van der Waals surface area contributed by atoms with Crippen molar-refractivity contribution in [3.63, 3.8) is 0 Å². The first kappa shape index (κ1) is 33.1. The Morgan fingerprint density at radius 2 is 1.27 bits per heavy atom. The Balaban J connectivity index is 1.15. The van der Waals surface area contributed by atoms with Gasteiger partial charge in [0.25, 0.3) is 5.91 Å². The molecule has 48 heavy (non-hydrogen) atoms. The molecule has 5 rings (SSSR count). The van der Waals surface area contributed by atoms with Gasteiger partial charge in [0.2, 0.25) is 5.91 Å². The molecular weight excluding hydrogens is 630 g/mol. The number of hydrogen-bond acceptors (Lipinski definition) is 7. The number of benzene rings is 5. The zero-order valence-corrected chi connectivity index (χ0v) is 26.1. The van der Waals surface area contributed by atoms with Gasteiger partial charge in [0.1, 0.15) is 11.5 Å². The van der Waals surface area contributed by atoms with Gasteiger partial charge in [-0.15, -0.1) is 0 Å². The smallest absolute Gasteiger partial charge is 0.343 e. The molecule has 2 N–H and O–H groups in total. The highest BCUT2D eigenvalue weighted by atomic mass is 35.5. The molecule has 0 saturated heterocycles. The number of anilines is 1. The topological polar surface area (TPSA) is 123 Å². The highest BCUT2D eigenvalue weighted by Crippen LogP contribution is 2.22. The van der Waals surface area contributed by atoms with E-state index in [2.05, 4.69) is 15.8 Å². The summed E-state index contributed by atoms with van der Waals surface area (Å²) in [5.41, 5.74) is 5.48. The Bertz CT molecular complexity index is 1970. The van der Waals surface area contributed by atoms with E-state index in [1.807, 2.05) is 30.3 Å². The quantitative estimate of drug-likeness (QED) is 0.0513. The number of hydrazone groups is 1. The molecule has 0 spiro atoms. The van der Waals surface area contributed by atoms with Crippen molar-refractivity contribution >= 4 is 53.3 Å². The van der Waals surface area contributed by atoms with Gasteiger partial charge in [-0.25, -0.2) is 15.0 Å². The lowest BCUT2D eigenvalue weighted by Gasteiger charge is -2.08. The van der Waals surface area contributed by atoms with Crippen LogP contribution in [0.5, 0.6) is 11.5 Å². The van der Waals surface area contributed by atoms with Crippen LogP contribution in [0.25, 0.3) is 6.08 Å². The molecular formula is C38H28ClN3O6. The average molecular weight is 658 g/mol. The van der Waals surface area contributed by atoms with Gasteiger partial charge in [0.15, 0.2) is 0 Å². The third-order valence-electron chi connectivity index (χ3n) is 6.74. The van der Waals surface area contributed by atoms with Gasteiger partial charge < -0.3 is 14.8 Å². The molecule has 0 aromatic heterocycles. The minimum Gasteiger partial charge on any atom is -0.423 e. The molecule has 5 aromatic carbocycles. The summed E-state index contributed by atoms with van der Waals surface area (Å²) in [5.74, 6) is -1.43. The Labute approximate surface area is 281 Å². The molecule has 0 fully saturated rings. The maximum absolute atomic E-state index is 12.7. The van der Waals surface area contributed by atoms with Crippen LogP contribution < -0.4 is 20.2 Å². The summed E-state index contributed by atoms with van der Waals surface area (Å²) in [7, 11) is 0. The molecule has 0 heterocycles. The highest BCUT2D eigenvalue weighted by Gasteiger charge is 2.12. The first-order valence-electron chi connectivity index (χ1n) is 14.7. The molecule has 0 aliphatic carbocycles. The number of carbonyl (C=O) groups excluding carboxylic acids is 4. The van der Waals surface area contributed by atoms with E-state index in [1.165, 1.54) is 18.4 Å². The van der Waals surface area contributed by atoms with E-state index in [9.17, 15) is 19.2 Å². The van der Waals surface area contributed by atoms with E-state index in [-0.39, 0.29) is 23.8 Å². The first-order valence-corrected chi connectivity index (χ1v) is 15.0. The number of carbonyl (C=O) groups is 4. The van der Waals surface area contributed by atoms with Crippen molar-refractivity contribution < 1.29 is 28.7 Å². The fourth-order valence-electron chi connectivity index (χ4n) is 4.35. The van der Waals surface area contributed by atoms with Crippen molar-refractivity contribution in [3.8, 4) is 11.5 Å². The Morgan fingerprint density at radius 1 is 0.667 bits per heavy atom. The number of esters is 2. The first-order chi connectivity index (χ1) is 23.3. The summed E-state index contributed by atoms with van der Waals surface area (Å²) in [5, 5.41) is 7.31. The van der Waals surface area contributed by atoms with Crippen LogP contribution in [-0.4, -0.2) is 30.0 Å². The second kappa shape index (κ2) is 16.3. The Hall–Kier alpha value is -6.32. The number of nitrogens with zero attached hydrogens (tertiary/aromatic N) is 1. The Morgan fingerprint density at radius 3 is 1.98 bits per heavy atom. The van der Waals surface area contributed by atoms with Crippen LogP contribution in [0.2, 0.25) is 5.02 Å². The van der Waals surface area contributed by atoms with Crippen LogP contribution in [0, 0.1) is 0 Å². The van der Waals surface area contributed by atoms with E-state index in [0.717, 1.165) is 5.56 Å². The predicted molar refractivity (Wildman–Crippen MR) is 184 cm³/mol. The van der Waals surface area contributed by atoms with Crippen LogP contribution in [0.15, 0.2) is 139 Å². The van der Waals surface area contributed by atoms with Crippen molar-refractivity contribution in [1.82, 2.24) is 5.43 Å². The van der Waals surface area contributed by atoms with E-state index in [1.54, 1.807) is 97.1 Å². The second-order valence-corrected chi connectivity index (χ2v) is 10.6. The van der Waals surface area contributed by atoms with Gasteiger partial charge in [-0.05, 0) is 78.4 Å². The maximum atomic E-state index is 12.7. The molecule has 238 valence electrons. The fourth-order valence-corrected chi connectivity index (χ4v) is 4.48. The van der Waals surface area contributed by atoms with Gasteiger partial charge in [-0.2, -0.15) is 5.10 Å². The summed E-state index contributed by atoms with van der Waals surface area (Å²) in [6.45, 7) is 0. The summed E-state index contributed by atoms with van der Waals surface area (Å²) < 4.78 is 11.0.